The van der Waals surface area contributed by atoms with E-state index < -0.39 is 0 Å². The van der Waals surface area contributed by atoms with Gasteiger partial charge in [-0.05, 0) is 87.9 Å². The van der Waals surface area contributed by atoms with E-state index in [1.807, 2.05) is 31.2 Å². The van der Waals surface area contributed by atoms with Crippen molar-refractivity contribution in [3.05, 3.63) is 42.2 Å². The van der Waals surface area contributed by atoms with Gasteiger partial charge < -0.3 is 14.3 Å². The van der Waals surface area contributed by atoms with Crippen LogP contribution in [0.2, 0.25) is 0 Å². The van der Waals surface area contributed by atoms with E-state index in [0.29, 0.717) is 24.5 Å². The molecule has 4 atom stereocenters. The van der Waals surface area contributed by atoms with E-state index in [-0.39, 0.29) is 6.10 Å². The van der Waals surface area contributed by atoms with Gasteiger partial charge in [-0.2, -0.15) is 0 Å². The lowest BCUT2D eigenvalue weighted by atomic mass is 10.0. The smallest absolute Gasteiger partial charge is 0.134 e. The van der Waals surface area contributed by atoms with E-state index in [9.17, 15) is 5.11 Å². The molecule has 2 aromatic rings. The normalized spacial score (nSPS) is 27.8. The quantitative estimate of drug-likeness (QED) is 0.838. The van der Waals surface area contributed by atoms with Crippen molar-refractivity contribution in [3.63, 3.8) is 0 Å². The zero-order valence-corrected chi connectivity index (χ0v) is 15.7. The molecular weight excluding hydrogens is 326 g/mol. The van der Waals surface area contributed by atoms with Crippen LogP contribution in [0.5, 0.6) is 5.75 Å². The Labute approximate surface area is 155 Å². The minimum Gasteiger partial charge on any atom is -0.494 e. The second-order valence-electron chi connectivity index (χ2n) is 7.91. The van der Waals surface area contributed by atoms with E-state index in [0.717, 1.165) is 42.2 Å². The summed E-state index contributed by atoms with van der Waals surface area (Å²) in [6.07, 6.45) is 4.36. The third kappa shape index (κ3) is 3.67. The first-order chi connectivity index (χ1) is 12.6. The number of aliphatic hydroxyl groups is 1. The van der Waals surface area contributed by atoms with Gasteiger partial charge in [0.2, 0.25) is 0 Å². The van der Waals surface area contributed by atoms with Gasteiger partial charge in [-0.1, -0.05) is 0 Å². The van der Waals surface area contributed by atoms with Crippen molar-refractivity contribution >= 4 is 0 Å². The van der Waals surface area contributed by atoms with Gasteiger partial charge in [-0.25, -0.2) is 0 Å². The molecule has 1 aromatic carbocycles. The maximum Gasteiger partial charge on any atom is 0.134 e. The Kier molecular flexibility index (Phi) is 5.05. The fourth-order valence-electron chi connectivity index (χ4n) is 4.79. The maximum atomic E-state index is 9.82. The summed E-state index contributed by atoms with van der Waals surface area (Å²) in [6, 6.07) is 12.8. The average molecular weight is 355 g/mol. The molecule has 1 heterocycles. The Morgan fingerprint density at radius 1 is 1.04 bits per heavy atom. The molecule has 2 saturated carbocycles. The zero-order chi connectivity index (χ0) is 18.1. The summed E-state index contributed by atoms with van der Waals surface area (Å²) >= 11 is 0. The van der Waals surface area contributed by atoms with Crippen LogP contribution in [0.25, 0.3) is 11.3 Å². The Morgan fingerprint density at radius 2 is 1.73 bits per heavy atom. The van der Waals surface area contributed by atoms with Gasteiger partial charge in [0.1, 0.15) is 17.3 Å². The molecule has 0 saturated heterocycles. The summed E-state index contributed by atoms with van der Waals surface area (Å²) < 4.78 is 11.6. The predicted molar refractivity (Wildman–Crippen MR) is 102 cm³/mol. The third-order valence-electron chi connectivity index (χ3n) is 6.11. The van der Waals surface area contributed by atoms with Crippen LogP contribution < -0.4 is 4.74 Å². The largest absolute Gasteiger partial charge is 0.494 e. The van der Waals surface area contributed by atoms with Crippen LogP contribution in [0.4, 0.5) is 0 Å². The van der Waals surface area contributed by atoms with Crippen LogP contribution in [-0.4, -0.2) is 35.8 Å². The van der Waals surface area contributed by atoms with Crippen LogP contribution in [0.3, 0.4) is 0 Å². The van der Waals surface area contributed by atoms with Crippen LogP contribution in [0.1, 0.15) is 38.4 Å². The number of fused-ring (bicyclic) bond motifs is 1. The van der Waals surface area contributed by atoms with E-state index >= 15 is 0 Å². The average Bonchev–Trinajstić information content (AvgIpc) is 3.30. The summed E-state index contributed by atoms with van der Waals surface area (Å²) in [6.45, 7) is 3.50. The maximum absolute atomic E-state index is 9.82. The van der Waals surface area contributed by atoms with Crippen LogP contribution in [-0.2, 0) is 6.54 Å². The van der Waals surface area contributed by atoms with Gasteiger partial charge in [-0.15, -0.1) is 0 Å². The second-order valence-corrected chi connectivity index (χ2v) is 7.91. The van der Waals surface area contributed by atoms with Crippen molar-refractivity contribution in [1.82, 2.24) is 4.90 Å². The number of ether oxygens (including phenoxy) is 1. The molecule has 0 radical (unpaired) electrons. The van der Waals surface area contributed by atoms with Gasteiger partial charge >= 0.3 is 0 Å². The molecule has 0 aliphatic heterocycles. The lowest BCUT2D eigenvalue weighted by Gasteiger charge is -2.24. The van der Waals surface area contributed by atoms with Gasteiger partial charge in [0.05, 0.1) is 19.3 Å². The molecule has 26 heavy (non-hydrogen) atoms. The van der Waals surface area contributed by atoms with Crippen LogP contribution in [0, 0.1) is 11.8 Å². The van der Waals surface area contributed by atoms with Gasteiger partial charge in [-0.3, -0.25) is 4.90 Å². The van der Waals surface area contributed by atoms with Gasteiger partial charge in [0.15, 0.2) is 0 Å². The highest BCUT2D eigenvalue weighted by Gasteiger charge is 2.42. The summed E-state index contributed by atoms with van der Waals surface area (Å²) in [5.41, 5.74) is 1.08. The summed E-state index contributed by atoms with van der Waals surface area (Å²) in [5.74, 6) is 4.23. The van der Waals surface area contributed by atoms with Crippen LogP contribution in [0.15, 0.2) is 40.8 Å². The first-order valence-electron chi connectivity index (χ1n) is 9.82. The number of aliphatic hydroxyl groups excluding tert-OH is 1. The molecule has 4 nitrogen and oxygen atoms in total. The molecule has 2 fully saturated rings. The highest BCUT2D eigenvalue weighted by Crippen LogP contribution is 2.45. The number of hydrogen-bond acceptors (Lipinski definition) is 4. The number of nitrogens with zero attached hydrogens (tertiary/aromatic N) is 1. The first kappa shape index (κ1) is 17.6. The van der Waals surface area contributed by atoms with Crippen molar-refractivity contribution < 1.29 is 14.3 Å². The zero-order valence-electron chi connectivity index (χ0n) is 15.7. The Balaban J connectivity index is 1.36. The molecule has 4 heteroatoms. The Morgan fingerprint density at radius 3 is 2.38 bits per heavy atom. The van der Waals surface area contributed by atoms with Gasteiger partial charge in [0.25, 0.3) is 0 Å². The standard InChI is InChI=1S/C22H29NO3/c1-3-25-20-6-4-15(5-7-20)22-9-8-21(26-22)14-23(2)18-10-16-12-19(24)13-17(16)11-18/h4-9,16-19,24H,3,10-14H2,1-2H3/t16-,17+,18?,19?. The SMILES string of the molecule is CCOc1ccc(-c2ccc(CN(C)C3C[C@H]4CC(O)C[C@H]4C3)o2)cc1. The summed E-state index contributed by atoms with van der Waals surface area (Å²) in [5, 5.41) is 9.82. The van der Waals surface area contributed by atoms with E-state index in [2.05, 4.69) is 24.1 Å². The molecule has 1 aromatic heterocycles. The lowest BCUT2D eigenvalue weighted by molar-refractivity contribution is 0.155. The second kappa shape index (κ2) is 7.45. The van der Waals surface area contributed by atoms with Gasteiger partial charge in [0, 0.05) is 11.6 Å². The topological polar surface area (TPSA) is 45.8 Å². The highest BCUT2D eigenvalue weighted by molar-refractivity contribution is 5.58. The molecule has 0 amide bonds. The molecule has 140 valence electrons. The van der Waals surface area contributed by atoms with E-state index in [1.54, 1.807) is 0 Å². The molecule has 2 unspecified atom stereocenters. The third-order valence-corrected chi connectivity index (χ3v) is 6.11. The van der Waals surface area contributed by atoms with Crippen molar-refractivity contribution in [2.45, 2.75) is 51.3 Å². The van der Waals surface area contributed by atoms with Crippen LogP contribution >= 0.6 is 0 Å². The minimum atomic E-state index is -0.0574. The van der Waals surface area contributed by atoms with Crippen molar-refractivity contribution in [3.8, 4) is 17.1 Å². The summed E-state index contributed by atoms with van der Waals surface area (Å²) in [7, 11) is 2.20. The molecule has 4 rings (SSSR count). The minimum absolute atomic E-state index is 0.0574. The molecule has 0 spiro atoms. The number of furan rings is 1. The molecule has 1 N–H and O–H groups in total. The van der Waals surface area contributed by atoms with Crippen molar-refractivity contribution in [1.29, 1.82) is 0 Å². The Bertz CT molecular complexity index is 709. The number of rotatable bonds is 6. The monoisotopic (exact) mass is 355 g/mol. The number of hydrogen-bond donors (Lipinski definition) is 1. The fraction of sp³-hybridized carbons (Fsp3) is 0.545. The van der Waals surface area contributed by atoms with E-state index in [1.165, 1.54) is 12.8 Å². The molecule has 2 aliphatic carbocycles. The molecule has 2 aliphatic rings. The van der Waals surface area contributed by atoms with Crippen molar-refractivity contribution in [2.75, 3.05) is 13.7 Å². The number of benzene rings is 1. The highest BCUT2D eigenvalue weighted by atomic mass is 16.5. The predicted octanol–water partition coefficient (Wildman–Crippen LogP) is 4.33. The lowest BCUT2D eigenvalue weighted by Crippen LogP contribution is -2.29. The van der Waals surface area contributed by atoms with Crippen molar-refractivity contribution in [2.24, 2.45) is 11.8 Å². The Hall–Kier alpha value is -1.78. The molecule has 0 bridgehead atoms. The first-order valence-corrected chi connectivity index (χ1v) is 9.82. The molecular formula is C22H29NO3. The van der Waals surface area contributed by atoms with E-state index in [4.69, 9.17) is 9.15 Å². The fourth-order valence-corrected chi connectivity index (χ4v) is 4.79. The summed E-state index contributed by atoms with van der Waals surface area (Å²) in [4.78, 5) is 2.42.